The molecule has 0 unspecified atom stereocenters. The summed E-state index contributed by atoms with van der Waals surface area (Å²) in [6.07, 6.45) is 1.13. The Hall–Kier alpha value is -1.03. The number of anilines is 1. The van der Waals surface area contributed by atoms with E-state index in [-0.39, 0.29) is 0 Å². The van der Waals surface area contributed by atoms with Crippen LogP contribution in [0.15, 0.2) is 24.3 Å². The van der Waals surface area contributed by atoms with Gasteiger partial charge < -0.3 is 0 Å². The quantitative estimate of drug-likeness (QED) is 0.867. The third-order valence-corrected chi connectivity index (χ3v) is 1.93. The van der Waals surface area contributed by atoms with Crippen molar-refractivity contribution in [3.63, 3.8) is 0 Å². The molecule has 4 heteroatoms. The average Bonchev–Trinajstić information content (AvgIpc) is 2.21. The highest BCUT2D eigenvalue weighted by Crippen LogP contribution is 2.10. The Balaban J connectivity index is 0. The molecule has 0 aliphatic rings. The maximum absolute atomic E-state index is 10.8. The van der Waals surface area contributed by atoms with Crippen LogP contribution in [-0.2, 0) is 10.0 Å². The van der Waals surface area contributed by atoms with Crippen molar-refractivity contribution in [2.75, 3.05) is 11.0 Å². The fourth-order valence-corrected chi connectivity index (χ4v) is 1.48. The Kier molecular flexibility index (Phi) is 10.0. The van der Waals surface area contributed by atoms with E-state index in [4.69, 9.17) is 0 Å². The zero-order valence-electron chi connectivity index (χ0n) is 11.0. The molecule has 16 heavy (non-hydrogen) atoms. The summed E-state index contributed by atoms with van der Waals surface area (Å²) in [6.45, 7) is 9.91. The molecule has 1 rings (SSSR count). The summed E-state index contributed by atoms with van der Waals surface area (Å²) < 4.78 is 24.0. The van der Waals surface area contributed by atoms with Crippen molar-refractivity contribution in [2.24, 2.45) is 0 Å². The Morgan fingerprint density at radius 1 is 1.06 bits per heavy atom. The molecule has 0 bridgehead atoms. The second-order valence-electron chi connectivity index (χ2n) is 2.74. The minimum absolute atomic E-state index is 0.609. The van der Waals surface area contributed by atoms with E-state index in [2.05, 4.69) is 4.72 Å². The Bertz CT molecular complexity index is 372. The highest BCUT2D eigenvalue weighted by molar-refractivity contribution is 7.92. The van der Waals surface area contributed by atoms with Crippen molar-refractivity contribution < 1.29 is 8.42 Å². The van der Waals surface area contributed by atoms with Gasteiger partial charge in [-0.05, 0) is 24.6 Å². The molecule has 1 aromatic carbocycles. The molecule has 0 spiro atoms. The highest BCUT2D eigenvalue weighted by Gasteiger charge is 1.99. The van der Waals surface area contributed by atoms with E-state index < -0.39 is 10.0 Å². The lowest BCUT2D eigenvalue weighted by Gasteiger charge is -2.03. The van der Waals surface area contributed by atoms with Gasteiger partial charge >= 0.3 is 0 Å². The fourth-order valence-electron chi connectivity index (χ4n) is 0.923. The van der Waals surface area contributed by atoms with Crippen LogP contribution in [0.5, 0.6) is 0 Å². The molecule has 0 fully saturated rings. The monoisotopic (exact) mass is 245 g/mol. The number of nitrogens with one attached hydrogen (secondary N) is 1. The van der Waals surface area contributed by atoms with Gasteiger partial charge in [-0.2, -0.15) is 0 Å². The van der Waals surface area contributed by atoms with E-state index in [0.717, 1.165) is 11.8 Å². The first-order valence-electron chi connectivity index (χ1n) is 5.52. The van der Waals surface area contributed by atoms with Crippen LogP contribution in [0, 0.1) is 6.92 Å². The number of hydrogen-bond donors (Lipinski definition) is 1. The summed E-state index contributed by atoms with van der Waals surface area (Å²) in [5, 5.41) is 0. The lowest BCUT2D eigenvalue weighted by Crippen LogP contribution is -2.09. The van der Waals surface area contributed by atoms with Crippen LogP contribution in [0.3, 0.4) is 0 Å². The molecule has 0 amide bonds. The van der Waals surface area contributed by atoms with Gasteiger partial charge in [0.2, 0.25) is 10.0 Å². The molecule has 0 aliphatic heterocycles. The van der Waals surface area contributed by atoms with Crippen LogP contribution in [0.2, 0.25) is 0 Å². The van der Waals surface area contributed by atoms with E-state index in [1.807, 2.05) is 46.8 Å². The molecule has 0 radical (unpaired) electrons. The van der Waals surface area contributed by atoms with Crippen molar-refractivity contribution in [3.05, 3.63) is 29.8 Å². The summed E-state index contributed by atoms with van der Waals surface area (Å²) in [4.78, 5) is 0. The molecular weight excluding hydrogens is 222 g/mol. The third-order valence-electron chi connectivity index (χ3n) is 1.32. The van der Waals surface area contributed by atoms with Crippen molar-refractivity contribution >= 4 is 15.7 Å². The van der Waals surface area contributed by atoms with Gasteiger partial charge in [0.05, 0.1) is 6.26 Å². The van der Waals surface area contributed by atoms with Crippen molar-refractivity contribution in [3.8, 4) is 0 Å². The lowest BCUT2D eigenvalue weighted by molar-refractivity contribution is 0.607. The third kappa shape index (κ3) is 9.52. The summed E-state index contributed by atoms with van der Waals surface area (Å²) in [5.41, 5.74) is 1.64. The number of hydrogen-bond acceptors (Lipinski definition) is 2. The molecule has 0 atom stereocenters. The van der Waals surface area contributed by atoms with E-state index in [9.17, 15) is 8.42 Å². The van der Waals surface area contributed by atoms with Gasteiger partial charge in [-0.15, -0.1) is 0 Å². The van der Waals surface area contributed by atoms with Gasteiger partial charge in [0.15, 0.2) is 0 Å². The molecule has 0 heterocycles. The standard InChI is InChI=1S/C8H11NO2S.2C2H6/c1-7-4-3-5-8(6-7)9-12(2,10)11;2*1-2/h3-6,9H,1-2H3;2*1-2H3. The molecule has 1 aromatic rings. The first-order chi connectivity index (χ1) is 7.47. The predicted octanol–water partition coefficient (Wildman–Crippen LogP) is 3.42. The van der Waals surface area contributed by atoms with Gasteiger partial charge in [-0.25, -0.2) is 8.42 Å². The van der Waals surface area contributed by atoms with Gasteiger partial charge in [0.1, 0.15) is 0 Å². The molecule has 1 N–H and O–H groups in total. The number of benzene rings is 1. The molecule has 94 valence electrons. The lowest BCUT2D eigenvalue weighted by atomic mass is 10.2. The van der Waals surface area contributed by atoms with Crippen LogP contribution < -0.4 is 4.72 Å². The van der Waals surface area contributed by atoms with Crippen LogP contribution in [0.1, 0.15) is 33.3 Å². The number of sulfonamides is 1. The van der Waals surface area contributed by atoms with Gasteiger partial charge in [0, 0.05) is 5.69 Å². The van der Waals surface area contributed by atoms with Crippen LogP contribution >= 0.6 is 0 Å². The second kappa shape index (κ2) is 9.21. The maximum Gasteiger partial charge on any atom is 0.229 e. The highest BCUT2D eigenvalue weighted by atomic mass is 32.2. The van der Waals surface area contributed by atoms with Crippen LogP contribution in [-0.4, -0.2) is 14.7 Å². The average molecular weight is 245 g/mol. The minimum atomic E-state index is -3.14. The fraction of sp³-hybridized carbons (Fsp3) is 0.500. The molecular formula is C12H23NO2S. The minimum Gasteiger partial charge on any atom is -0.284 e. The molecule has 0 aromatic heterocycles. The number of aryl methyl sites for hydroxylation is 1. The molecule has 0 saturated heterocycles. The van der Waals surface area contributed by atoms with Crippen molar-refractivity contribution in [1.29, 1.82) is 0 Å². The second-order valence-corrected chi connectivity index (χ2v) is 4.49. The first-order valence-corrected chi connectivity index (χ1v) is 7.41. The van der Waals surface area contributed by atoms with Gasteiger partial charge in [-0.1, -0.05) is 39.8 Å². The van der Waals surface area contributed by atoms with E-state index in [0.29, 0.717) is 5.69 Å². The van der Waals surface area contributed by atoms with Crippen LogP contribution in [0.25, 0.3) is 0 Å². The first kappa shape index (κ1) is 17.4. The Morgan fingerprint density at radius 2 is 1.56 bits per heavy atom. The molecule has 0 aliphatic carbocycles. The van der Waals surface area contributed by atoms with Crippen LogP contribution in [0.4, 0.5) is 5.69 Å². The largest absolute Gasteiger partial charge is 0.284 e. The van der Waals surface area contributed by atoms with E-state index in [1.54, 1.807) is 12.1 Å². The van der Waals surface area contributed by atoms with Gasteiger partial charge in [-0.3, -0.25) is 4.72 Å². The SMILES string of the molecule is CC.CC.Cc1cccc(NS(C)(=O)=O)c1. The normalized spacial score (nSPS) is 9.12. The maximum atomic E-state index is 10.8. The Morgan fingerprint density at radius 3 is 1.94 bits per heavy atom. The zero-order chi connectivity index (χ0) is 13.2. The summed E-state index contributed by atoms with van der Waals surface area (Å²) >= 11 is 0. The van der Waals surface area contributed by atoms with Gasteiger partial charge in [0.25, 0.3) is 0 Å². The predicted molar refractivity (Wildman–Crippen MR) is 72.3 cm³/mol. The summed E-state index contributed by atoms with van der Waals surface area (Å²) in [7, 11) is -3.14. The number of rotatable bonds is 2. The zero-order valence-corrected chi connectivity index (χ0v) is 11.9. The molecule has 0 saturated carbocycles. The van der Waals surface area contributed by atoms with Crippen molar-refractivity contribution in [1.82, 2.24) is 0 Å². The smallest absolute Gasteiger partial charge is 0.229 e. The van der Waals surface area contributed by atoms with Crippen molar-refractivity contribution in [2.45, 2.75) is 34.6 Å². The van der Waals surface area contributed by atoms with E-state index in [1.165, 1.54) is 0 Å². The topological polar surface area (TPSA) is 46.2 Å². The Labute approximate surface area is 99.9 Å². The van der Waals surface area contributed by atoms with E-state index >= 15 is 0 Å². The summed E-state index contributed by atoms with van der Waals surface area (Å²) in [5.74, 6) is 0. The molecule has 3 nitrogen and oxygen atoms in total. The summed E-state index contributed by atoms with van der Waals surface area (Å²) in [6, 6.07) is 7.21.